The molecule has 5 nitrogen and oxygen atoms in total. The Morgan fingerprint density at radius 2 is 1.79 bits per heavy atom. The molecule has 0 unspecified atom stereocenters. The number of hydrogen-bond donors (Lipinski definition) is 2. The first kappa shape index (κ1) is 14.6. The van der Waals surface area contributed by atoms with Gasteiger partial charge in [-0.3, -0.25) is 14.9 Å². The highest BCUT2D eigenvalue weighted by molar-refractivity contribution is 5.92. The second-order valence-corrected chi connectivity index (χ2v) is 6.04. The number of rotatable bonds is 4. The maximum Gasteiger partial charge on any atom is 0.230 e. The largest absolute Gasteiger partial charge is 0.309 e. The van der Waals surface area contributed by atoms with Crippen LogP contribution in [0.25, 0.3) is 11.1 Å². The molecule has 3 aromatic rings. The Bertz CT molecular complexity index is 853. The van der Waals surface area contributed by atoms with Crippen LogP contribution < -0.4 is 5.32 Å². The summed E-state index contributed by atoms with van der Waals surface area (Å²) in [6, 6.07) is 12.0. The number of aromatic nitrogens is 3. The molecule has 2 N–H and O–H groups in total. The first-order valence-corrected chi connectivity index (χ1v) is 8.15. The van der Waals surface area contributed by atoms with Gasteiger partial charge in [-0.15, -0.1) is 0 Å². The van der Waals surface area contributed by atoms with E-state index in [0.29, 0.717) is 12.2 Å². The zero-order valence-electron chi connectivity index (χ0n) is 13.2. The van der Waals surface area contributed by atoms with Gasteiger partial charge in [0.05, 0.1) is 6.42 Å². The van der Waals surface area contributed by atoms with E-state index in [-0.39, 0.29) is 5.91 Å². The molecule has 0 atom stereocenters. The first-order valence-electron chi connectivity index (χ1n) is 8.15. The third kappa shape index (κ3) is 2.93. The fourth-order valence-electron chi connectivity index (χ4n) is 3.14. The number of anilines is 1. The molecular weight excluding hydrogens is 300 g/mol. The number of hydrogen-bond acceptors (Lipinski definition) is 3. The van der Waals surface area contributed by atoms with E-state index in [2.05, 4.69) is 20.5 Å². The average molecular weight is 318 g/mol. The molecule has 4 rings (SSSR count). The summed E-state index contributed by atoms with van der Waals surface area (Å²) < 4.78 is 0. The van der Waals surface area contributed by atoms with Gasteiger partial charge < -0.3 is 5.32 Å². The second-order valence-electron chi connectivity index (χ2n) is 6.04. The quantitative estimate of drug-likeness (QED) is 0.776. The van der Waals surface area contributed by atoms with Crippen LogP contribution in [0, 0.1) is 0 Å². The van der Waals surface area contributed by atoms with Crippen molar-refractivity contribution in [1.82, 2.24) is 15.2 Å². The number of fused-ring (bicyclic) bond motifs is 1. The van der Waals surface area contributed by atoms with E-state index in [9.17, 15) is 4.79 Å². The van der Waals surface area contributed by atoms with Crippen molar-refractivity contribution < 1.29 is 4.79 Å². The number of nitrogens with one attached hydrogen (secondary N) is 2. The maximum absolute atomic E-state index is 12.3. The molecule has 0 spiro atoms. The molecule has 0 aliphatic heterocycles. The van der Waals surface area contributed by atoms with Gasteiger partial charge >= 0.3 is 0 Å². The molecule has 1 aliphatic carbocycles. The number of amides is 1. The van der Waals surface area contributed by atoms with Gasteiger partial charge in [-0.25, -0.2) is 0 Å². The number of benzene rings is 1. The lowest BCUT2D eigenvalue weighted by atomic mass is 10.0. The molecule has 0 fully saturated rings. The molecule has 2 aromatic heterocycles. The summed E-state index contributed by atoms with van der Waals surface area (Å²) in [5.41, 5.74) is 5.54. The Morgan fingerprint density at radius 3 is 2.58 bits per heavy atom. The Morgan fingerprint density at radius 1 is 1.04 bits per heavy atom. The number of aromatic amines is 1. The number of carbonyl (C=O) groups excluding carboxylic acids is 1. The van der Waals surface area contributed by atoms with E-state index in [1.807, 2.05) is 36.4 Å². The Labute approximate surface area is 140 Å². The lowest BCUT2D eigenvalue weighted by Gasteiger charge is -2.06. The van der Waals surface area contributed by atoms with Gasteiger partial charge in [0.2, 0.25) is 5.91 Å². The van der Waals surface area contributed by atoms with Crippen LogP contribution in [-0.2, 0) is 24.1 Å². The standard InChI is InChI=1S/C19H18N4O/c24-18(21-19-16-2-1-3-17(16)22-23-19)12-13-4-6-14(7-5-13)15-8-10-20-11-9-15/h4-11H,1-3,12H2,(H2,21,22,23,24). The SMILES string of the molecule is O=C(Cc1ccc(-c2ccncc2)cc1)Nc1n[nH]c2c1CCC2. The van der Waals surface area contributed by atoms with E-state index >= 15 is 0 Å². The Balaban J connectivity index is 1.42. The Kier molecular flexibility index (Phi) is 3.83. The van der Waals surface area contributed by atoms with Gasteiger partial charge in [-0.2, -0.15) is 5.10 Å². The van der Waals surface area contributed by atoms with Crippen LogP contribution in [0.1, 0.15) is 23.2 Å². The van der Waals surface area contributed by atoms with Crippen molar-refractivity contribution in [1.29, 1.82) is 0 Å². The highest BCUT2D eigenvalue weighted by Gasteiger charge is 2.19. The minimum Gasteiger partial charge on any atom is -0.309 e. The molecule has 24 heavy (non-hydrogen) atoms. The van der Waals surface area contributed by atoms with Crippen molar-refractivity contribution >= 4 is 11.7 Å². The van der Waals surface area contributed by atoms with Crippen LogP contribution in [0.4, 0.5) is 5.82 Å². The van der Waals surface area contributed by atoms with Crippen LogP contribution >= 0.6 is 0 Å². The zero-order valence-corrected chi connectivity index (χ0v) is 13.2. The molecule has 1 amide bonds. The fourth-order valence-corrected chi connectivity index (χ4v) is 3.14. The molecule has 120 valence electrons. The van der Waals surface area contributed by atoms with Crippen LogP contribution in [-0.4, -0.2) is 21.1 Å². The molecular formula is C19H18N4O. The highest BCUT2D eigenvalue weighted by Crippen LogP contribution is 2.26. The summed E-state index contributed by atoms with van der Waals surface area (Å²) >= 11 is 0. The van der Waals surface area contributed by atoms with Gasteiger partial charge in [-0.05, 0) is 48.1 Å². The van der Waals surface area contributed by atoms with Crippen molar-refractivity contribution in [3.63, 3.8) is 0 Å². The van der Waals surface area contributed by atoms with E-state index in [4.69, 9.17) is 0 Å². The van der Waals surface area contributed by atoms with Gasteiger partial charge in [-0.1, -0.05) is 24.3 Å². The van der Waals surface area contributed by atoms with Crippen molar-refractivity contribution in [2.24, 2.45) is 0 Å². The normalized spacial score (nSPS) is 12.8. The Hall–Kier alpha value is -2.95. The summed E-state index contributed by atoms with van der Waals surface area (Å²) in [5, 5.41) is 10.1. The first-order chi connectivity index (χ1) is 11.8. The van der Waals surface area contributed by atoms with Crippen LogP contribution in [0.3, 0.4) is 0 Å². The van der Waals surface area contributed by atoms with Gasteiger partial charge in [0.15, 0.2) is 5.82 Å². The lowest BCUT2D eigenvalue weighted by molar-refractivity contribution is -0.115. The van der Waals surface area contributed by atoms with E-state index in [1.54, 1.807) is 12.4 Å². The smallest absolute Gasteiger partial charge is 0.230 e. The summed E-state index contributed by atoms with van der Waals surface area (Å²) in [4.78, 5) is 16.3. The van der Waals surface area contributed by atoms with Crippen molar-refractivity contribution in [2.75, 3.05) is 5.32 Å². The predicted octanol–water partition coefficient (Wildman–Crippen LogP) is 3.14. The van der Waals surface area contributed by atoms with Gasteiger partial charge in [0.1, 0.15) is 0 Å². The van der Waals surface area contributed by atoms with E-state index < -0.39 is 0 Å². The number of nitrogens with zero attached hydrogens (tertiary/aromatic N) is 2. The minimum absolute atomic E-state index is 0.0344. The van der Waals surface area contributed by atoms with Gasteiger partial charge in [0, 0.05) is 23.7 Å². The molecule has 0 saturated heterocycles. The third-order valence-electron chi connectivity index (χ3n) is 4.40. The summed E-state index contributed by atoms with van der Waals surface area (Å²) in [5.74, 6) is 0.661. The van der Waals surface area contributed by atoms with Crippen molar-refractivity contribution in [3.05, 3.63) is 65.6 Å². The summed E-state index contributed by atoms with van der Waals surface area (Å²) in [6.07, 6.45) is 7.04. The number of carbonyl (C=O) groups is 1. The predicted molar refractivity (Wildman–Crippen MR) is 92.6 cm³/mol. The van der Waals surface area contributed by atoms with E-state index in [0.717, 1.165) is 47.2 Å². The second kappa shape index (κ2) is 6.28. The lowest BCUT2D eigenvalue weighted by Crippen LogP contribution is -2.15. The summed E-state index contributed by atoms with van der Waals surface area (Å²) in [7, 11) is 0. The monoisotopic (exact) mass is 318 g/mol. The number of aryl methyl sites for hydroxylation is 1. The topological polar surface area (TPSA) is 70.7 Å². The van der Waals surface area contributed by atoms with Crippen molar-refractivity contribution in [2.45, 2.75) is 25.7 Å². The summed E-state index contributed by atoms with van der Waals surface area (Å²) in [6.45, 7) is 0. The molecule has 0 bridgehead atoms. The minimum atomic E-state index is -0.0344. The highest BCUT2D eigenvalue weighted by atomic mass is 16.1. The van der Waals surface area contributed by atoms with E-state index in [1.165, 1.54) is 0 Å². The van der Waals surface area contributed by atoms with Crippen LogP contribution in [0.2, 0.25) is 0 Å². The molecule has 0 radical (unpaired) electrons. The molecule has 0 saturated carbocycles. The maximum atomic E-state index is 12.3. The van der Waals surface area contributed by atoms with Crippen LogP contribution in [0.15, 0.2) is 48.8 Å². The molecule has 2 heterocycles. The number of H-pyrrole nitrogens is 1. The van der Waals surface area contributed by atoms with Gasteiger partial charge in [0.25, 0.3) is 0 Å². The molecule has 5 heteroatoms. The third-order valence-corrected chi connectivity index (χ3v) is 4.40. The molecule has 1 aliphatic rings. The fraction of sp³-hybridized carbons (Fsp3) is 0.211. The molecule has 1 aromatic carbocycles. The average Bonchev–Trinajstić information content (AvgIpc) is 3.22. The van der Waals surface area contributed by atoms with Crippen LogP contribution in [0.5, 0.6) is 0 Å². The van der Waals surface area contributed by atoms with Crippen molar-refractivity contribution in [3.8, 4) is 11.1 Å². The zero-order chi connectivity index (χ0) is 16.4. The number of pyridine rings is 1.